The molecule has 1 aliphatic heterocycles. The van der Waals surface area contributed by atoms with Gasteiger partial charge in [-0.05, 0) is 35.9 Å². The van der Waals surface area contributed by atoms with Gasteiger partial charge in [0.15, 0.2) is 0 Å². The monoisotopic (exact) mass is 280 g/mol. The number of carbonyl (C=O) groups excluding carboxylic acids is 2. The molecule has 2 aromatic carbocycles. The molecule has 1 amide bonds. The van der Waals surface area contributed by atoms with Crippen molar-refractivity contribution in [2.24, 2.45) is 0 Å². The molecule has 0 unspecified atom stereocenters. The van der Waals surface area contributed by atoms with Gasteiger partial charge in [0.1, 0.15) is 5.82 Å². The van der Waals surface area contributed by atoms with Crippen LogP contribution in [0, 0.1) is 17.1 Å². The summed E-state index contributed by atoms with van der Waals surface area (Å²) in [5.74, 6) is -1.91. The van der Waals surface area contributed by atoms with Crippen LogP contribution in [0.5, 0.6) is 0 Å². The molecule has 0 radical (unpaired) electrons. The second-order valence-electron chi connectivity index (χ2n) is 4.69. The second-order valence-corrected chi connectivity index (χ2v) is 4.69. The smallest absolute Gasteiger partial charge is 0.299 e. The van der Waals surface area contributed by atoms with Crippen LogP contribution in [0.25, 0.3) is 0 Å². The Labute approximate surface area is 120 Å². The lowest BCUT2D eigenvalue weighted by Crippen LogP contribution is -2.29. The number of benzene rings is 2. The molecule has 1 heterocycles. The van der Waals surface area contributed by atoms with E-state index in [4.69, 9.17) is 5.26 Å². The van der Waals surface area contributed by atoms with Gasteiger partial charge < -0.3 is 4.90 Å². The highest BCUT2D eigenvalue weighted by Gasteiger charge is 2.35. The molecular formula is C16H9FN2O2. The highest BCUT2D eigenvalue weighted by molar-refractivity contribution is 6.52. The summed E-state index contributed by atoms with van der Waals surface area (Å²) in [6, 6.07) is 12.5. The fourth-order valence-electron chi connectivity index (χ4n) is 2.30. The van der Waals surface area contributed by atoms with E-state index in [1.165, 1.54) is 17.0 Å². The number of fused-ring (bicyclic) bond motifs is 1. The number of carbonyl (C=O) groups is 2. The molecule has 2 aromatic rings. The summed E-state index contributed by atoms with van der Waals surface area (Å²) < 4.78 is 13.2. The topological polar surface area (TPSA) is 61.2 Å². The predicted molar refractivity (Wildman–Crippen MR) is 73.1 cm³/mol. The van der Waals surface area contributed by atoms with Gasteiger partial charge in [0, 0.05) is 0 Å². The minimum absolute atomic E-state index is 0.0913. The van der Waals surface area contributed by atoms with Gasteiger partial charge >= 0.3 is 0 Å². The van der Waals surface area contributed by atoms with Crippen molar-refractivity contribution in [1.29, 1.82) is 5.26 Å². The van der Waals surface area contributed by atoms with Gasteiger partial charge in [-0.3, -0.25) is 9.59 Å². The van der Waals surface area contributed by atoms with Crippen molar-refractivity contribution in [3.63, 3.8) is 0 Å². The maximum Gasteiger partial charge on any atom is 0.299 e. The number of hydrogen-bond donors (Lipinski definition) is 0. The lowest BCUT2D eigenvalue weighted by Gasteiger charge is -2.16. The SMILES string of the molecule is N#Cc1ccc(CN2C(=O)C(=O)c3cc(F)ccc32)cc1. The zero-order valence-corrected chi connectivity index (χ0v) is 10.8. The standard InChI is InChI=1S/C16H9FN2O2/c17-12-5-6-14-13(7-12)15(20)16(21)19(14)9-11-3-1-10(8-18)2-4-11/h1-7H,9H2. The number of Topliss-reactive ketones (excluding diaryl/α,β-unsaturated/α-hetero) is 1. The van der Waals surface area contributed by atoms with Crippen LogP contribution >= 0.6 is 0 Å². The molecule has 0 atom stereocenters. The Hall–Kier alpha value is -3.00. The molecule has 102 valence electrons. The van der Waals surface area contributed by atoms with Crippen LogP contribution in [-0.4, -0.2) is 11.7 Å². The Morgan fingerprint density at radius 2 is 1.81 bits per heavy atom. The number of rotatable bonds is 2. The van der Waals surface area contributed by atoms with Crippen LogP contribution in [-0.2, 0) is 11.3 Å². The average Bonchev–Trinajstić information content (AvgIpc) is 2.73. The normalized spacial score (nSPS) is 13.2. The fraction of sp³-hybridized carbons (Fsp3) is 0.0625. The van der Waals surface area contributed by atoms with Crippen molar-refractivity contribution in [2.45, 2.75) is 6.54 Å². The molecule has 0 saturated heterocycles. The third-order valence-electron chi connectivity index (χ3n) is 3.36. The summed E-state index contributed by atoms with van der Waals surface area (Å²) in [6.45, 7) is 0.203. The van der Waals surface area contributed by atoms with Crippen molar-refractivity contribution in [1.82, 2.24) is 0 Å². The number of ketones is 1. The largest absolute Gasteiger partial charge is 0.300 e. The highest BCUT2D eigenvalue weighted by atomic mass is 19.1. The first-order chi connectivity index (χ1) is 10.1. The zero-order chi connectivity index (χ0) is 15.0. The van der Waals surface area contributed by atoms with Gasteiger partial charge in [-0.15, -0.1) is 0 Å². The molecule has 0 aromatic heterocycles. The molecule has 0 fully saturated rings. The molecule has 0 bridgehead atoms. The van der Waals surface area contributed by atoms with E-state index in [9.17, 15) is 14.0 Å². The van der Waals surface area contributed by atoms with Crippen molar-refractivity contribution < 1.29 is 14.0 Å². The van der Waals surface area contributed by atoms with Crippen molar-refractivity contribution in [3.8, 4) is 6.07 Å². The Morgan fingerprint density at radius 3 is 2.48 bits per heavy atom. The predicted octanol–water partition coefficient (Wildman–Crippen LogP) is 2.43. The Kier molecular flexibility index (Phi) is 2.99. The number of nitrogens with zero attached hydrogens (tertiary/aromatic N) is 2. The van der Waals surface area contributed by atoms with Crippen LogP contribution in [0.2, 0.25) is 0 Å². The number of hydrogen-bond acceptors (Lipinski definition) is 3. The van der Waals surface area contributed by atoms with Gasteiger partial charge in [-0.25, -0.2) is 4.39 Å². The van der Waals surface area contributed by atoms with Crippen LogP contribution in [0.4, 0.5) is 10.1 Å². The number of anilines is 1. The van der Waals surface area contributed by atoms with E-state index in [1.54, 1.807) is 24.3 Å². The van der Waals surface area contributed by atoms with Gasteiger partial charge in [-0.1, -0.05) is 12.1 Å². The van der Waals surface area contributed by atoms with Crippen molar-refractivity contribution in [2.75, 3.05) is 4.90 Å². The lowest BCUT2D eigenvalue weighted by atomic mass is 10.1. The molecule has 21 heavy (non-hydrogen) atoms. The molecule has 0 saturated carbocycles. The first-order valence-corrected chi connectivity index (χ1v) is 6.25. The van der Waals surface area contributed by atoms with E-state index in [1.807, 2.05) is 6.07 Å². The highest BCUT2D eigenvalue weighted by Crippen LogP contribution is 2.30. The molecular weight excluding hydrogens is 271 g/mol. The van der Waals surface area contributed by atoms with E-state index in [0.29, 0.717) is 11.3 Å². The van der Waals surface area contributed by atoms with Crippen molar-refractivity contribution in [3.05, 3.63) is 65.0 Å². The van der Waals surface area contributed by atoms with E-state index in [2.05, 4.69) is 0 Å². The van der Waals surface area contributed by atoms with E-state index < -0.39 is 17.5 Å². The third kappa shape index (κ3) is 2.17. The minimum atomic E-state index is -0.696. The molecule has 1 aliphatic rings. The van der Waals surface area contributed by atoms with Gasteiger partial charge in [0.2, 0.25) is 0 Å². The summed E-state index contributed by atoms with van der Waals surface area (Å²) >= 11 is 0. The summed E-state index contributed by atoms with van der Waals surface area (Å²) in [4.78, 5) is 25.2. The summed E-state index contributed by atoms with van der Waals surface area (Å²) in [7, 11) is 0. The molecule has 0 N–H and O–H groups in total. The average molecular weight is 280 g/mol. The summed E-state index contributed by atoms with van der Waals surface area (Å²) in [5, 5.41) is 8.75. The Bertz CT molecular complexity index is 791. The van der Waals surface area contributed by atoms with E-state index in [-0.39, 0.29) is 12.1 Å². The quantitative estimate of drug-likeness (QED) is 0.794. The maximum atomic E-state index is 13.2. The third-order valence-corrected chi connectivity index (χ3v) is 3.36. The first kappa shape index (κ1) is 13.0. The summed E-state index contributed by atoms with van der Waals surface area (Å²) in [6.07, 6.45) is 0. The maximum absolute atomic E-state index is 13.2. The van der Waals surface area contributed by atoms with Crippen LogP contribution in [0.3, 0.4) is 0 Å². The molecule has 0 aliphatic carbocycles. The first-order valence-electron chi connectivity index (χ1n) is 6.25. The minimum Gasteiger partial charge on any atom is -0.300 e. The molecule has 4 nitrogen and oxygen atoms in total. The second kappa shape index (κ2) is 4.84. The van der Waals surface area contributed by atoms with Crippen LogP contribution in [0.1, 0.15) is 21.5 Å². The number of nitriles is 1. The van der Waals surface area contributed by atoms with Crippen LogP contribution in [0.15, 0.2) is 42.5 Å². The van der Waals surface area contributed by atoms with E-state index >= 15 is 0 Å². The van der Waals surface area contributed by atoms with Gasteiger partial charge in [0.05, 0.1) is 29.4 Å². The van der Waals surface area contributed by atoms with Crippen molar-refractivity contribution >= 4 is 17.4 Å². The Morgan fingerprint density at radius 1 is 1.10 bits per heavy atom. The van der Waals surface area contributed by atoms with Crippen LogP contribution < -0.4 is 4.90 Å². The molecule has 5 heteroatoms. The van der Waals surface area contributed by atoms with Gasteiger partial charge in [0.25, 0.3) is 11.7 Å². The zero-order valence-electron chi connectivity index (χ0n) is 10.8. The lowest BCUT2D eigenvalue weighted by molar-refractivity contribution is -0.114. The fourth-order valence-corrected chi connectivity index (χ4v) is 2.30. The van der Waals surface area contributed by atoms with Gasteiger partial charge in [-0.2, -0.15) is 5.26 Å². The Balaban J connectivity index is 1.94. The summed E-state index contributed by atoms with van der Waals surface area (Å²) in [5.41, 5.74) is 1.81. The molecule has 3 rings (SSSR count). The molecule has 0 spiro atoms. The van der Waals surface area contributed by atoms with E-state index in [0.717, 1.165) is 11.6 Å². The number of halogens is 1. The number of amides is 1.